The van der Waals surface area contributed by atoms with Crippen LogP contribution in [-0.2, 0) is 6.42 Å². The van der Waals surface area contributed by atoms with Crippen molar-refractivity contribution in [1.82, 2.24) is 15.2 Å². The molecule has 0 fully saturated rings. The zero-order chi connectivity index (χ0) is 15.2. The summed E-state index contributed by atoms with van der Waals surface area (Å²) in [6, 6.07) is 6.34. The number of fused-ring (bicyclic) bond motifs is 1. The Morgan fingerprint density at radius 1 is 1.27 bits per heavy atom. The summed E-state index contributed by atoms with van der Waals surface area (Å²) in [5, 5.41) is 14.7. The van der Waals surface area contributed by atoms with E-state index in [4.69, 9.17) is 0 Å². The van der Waals surface area contributed by atoms with Gasteiger partial charge in [-0.15, -0.1) is 10.2 Å². The van der Waals surface area contributed by atoms with Crippen molar-refractivity contribution in [3.05, 3.63) is 30.1 Å². The lowest BCUT2D eigenvalue weighted by Crippen LogP contribution is -2.30. The van der Waals surface area contributed by atoms with Crippen LogP contribution in [0, 0.1) is 0 Å². The van der Waals surface area contributed by atoms with Crippen LogP contribution in [-0.4, -0.2) is 28.3 Å². The standard InChI is InChI=1S/C16H22N6/c1-2-3-4-9-22-10-5-6-13-11-14(7-8-15(13)22)19-21-16-17-12-18-20-16/h7-8,11-12H,2-6,9-10H2,1H3,(H,17,18,20). The molecule has 0 spiro atoms. The summed E-state index contributed by atoms with van der Waals surface area (Å²) in [6.45, 7) is 4.56. The van der Waals surface area contributed by atoms with Gasteiger partial charge in [0.1, 0.15) is 6.33 Å². The summed E-state index contributed by atoms with van der Waals surface area (Å²) in [5.74, 6) is 0.430. The van der Waals surface area contributed by atoms with E-state index in [-0.39, 0.29) is 0 Å². The SMILES string of the molecule is CCCCCN1CCCc2cc(N=Nc3ncn[nH]3)ccc21. The lowest BCUT2D eigenvalue weighted by atomic mass is 10.0. The predicted octanol–water partition coefficient (Wildman–Crippen LogP) is 4.16. The van der Waals surface area contributed by atoms with Gasteiger partial charge in [-0.3, -0.25) is 0 Å². The molecule has 1 aromatic carbocycles. The van der Waals surface area contributed by atoms with Gasteiger partial charge in [0.05, 0.1) is 5.69 Å². The molecule has 0 saturated heterocycles. The van der Waals surface area contributed by atoms with Crippen molar-refractivity contribution in [2.45, 2.75) is 39.0 Å². The minimum atomic E-state index is 0.430. The Morgan fingerprint density at radius 2 is 2.23 bits per heavy atom. The van der Waals surface area contributed by atoms with Crippen molar-refractivity contribution in [3.63, 3.8) is 0 Å². The lowest BCUT2D eigenvalue weighted by molar-refractivity contribution is 0.638. The molecule has 0 atom stereocenters. The van der Waals surface area contributed by atoms with Crippen LogP contribution in [0.1, 0.15) is 38.2 Å². The van der Waals surface area contributed by atoms with Crippen molar-refractivity contribution < 1.29 is 0 Å². The van der Waals surface area contributed by atoms with E-state index in [0.29, 0.717) is 5.95 Å². The molecule has 0 radical (unpaired) electrons. The Kier molecular flexibility index (Phi) is 4.78. The Morgan fingerprint density at radius 3 is 3.05 bits per heavy atom. The van der Waals surface area contributed by atoms with Gasteiger partial charge in [-0.25, -0.2) is 5.10 Å². The van der Waals surface area contributed by atoms with Crippen molar-refractivity contribution >= 4 is 17.3 Å². The van der Waals surface area contributed by atoms with Gasteiger partial charge in [0.15, 0.2) is 0 Å². The smallest absolute Gasteiger partial charge is 0.264 e. The number of aromatic amines is 1. The van der Waals surface area contributed by atoms with Gasteiger partial charge in [-0.05, 0) is 43.0 Å². The number of aromatic nitrogens is 3. The van der Waals surface area contributed by atoms with Crippen LogP contribution in [0.15, 0.2) is 34.8 Å². The highest BCUT2D eigenvalue weighted by atomic mass is 15.3. The van der Waals surface area contributed by atoms with Crippen LogP contribution in [0.2, 0.25) is 0 Å². The Hall–Kier alpha value is -2.24. The third kappa shape index (κ3) is 3.50. The van der Waals surface area contributed by atoms with Crippen molar-refractivity contribution in [1.29, 1.82) is 0 Å². The van der Waals surface area contributed by atoms with Crippen LogP contribution < -0.4 is 4.90 Å². The number of anilines is 1. The first-order chi connectivity index (χ1) is 10.9. The second-order valence-electron chi connectivity index (χ2n) is 5.62. The highest BCUT2D eigenvalue weighted by Gasteiger charge is 2.16. The van der Waals surface area contributed by atoms with Gasteiger partial charge in [-0.1, -0.05) is 19.8 Å². The Labute approximate surface area is 130 Å². The van der Waals surface area contributed by atoms with E-state index < -0.39 is 0 Å². The van der Waals surface area contributed by atoms with Crippen LogP contribution >= 0.6 is 0 Å². The van der Waals surface area contributed by atoms with E-state index in [1.165, 1.54) is 43.3 Å². The first-order valence-corrected chi connectivity index (χ1v) is 8.02. The molecular formula is C16H22N6. The Bertz CT molecular complexity index is 620. The maximum Gasteiger partial charge on any atom is 0.264 e. The molecule has 6 nitrogen and oxygen atoms in total. The Balaban J connectivity index is 1.72. The number of rotatable bonds is 6. The van der Waals surface area contributed by atoms with Crippen LogP contribution in [0.3, 0.4) is 0 Å². The average Bonchev–Trinajstić information content (AvgIpc) is 3.06. The fourth-order valence-electron chi connectivity index (χ4n) is 2.86. The molecule has 0 aliphatic carbocycles. The number of aryl methyl sites for hydroxylation is 1. The van der Waals surface area contributed by atoms with Crippen molar-refractivity contribution in [2.24, 2.45) is 10.2 Å². The second kappa shape index (κ2) is 7.15. The lowest BCUT2D eigenvalue weighted by Gasteiger charge is -2.31. The van der Waals surface area contributed by atoms with Gasteiger partial charge in [-0.2, -0.15) is 10.1 Å². The summed E-state index contributed by atoms with van der Waals surface area (Å²) in [5.41, 5.74) is 3.60. The number of nitrogens with zero attached hydrogens (tertiary/aromatic N) is 5. The zero-order valence-electron chi connectivity index (χ0n) is 13.0. The summed E-state index contributed by atoms with van der Waals surface area (Å²) in [7, 11) is 0. The summed E-state index contributed by atoms with van der Waals surface area (Å²) < 4.78 is 0. The molecule has 2 heterocycles. The molecule has 2 aromatic rings. The van der Waals surface area contributed by atoms with Gasteiger partial charge in [0.2, 0.25) is 0 Å². The topological polar surface area (TPSA) is 69.5 Å². The second-order valence-corrected chi connectivity index (χ2v) is 5.62. The van der Waals surface area contributed by atoms with E-state index >= 15 is 0 Å². The minimum absolute atomic E-state index is 0.430. The van der Waals surface area contributed by atoms with Crippen LogP contribution in [0.25, 0.3) is 0 Å². The molecule has 1 N–H and O–H groups in total. The largest absolute Gasteiger partial charge is 0.371 e. The number of unbranched alkanes of at least 4 members (excludes halogenated alkanes) is 2. The molecule has 1 aliphatic rings. The van der Waals surface area contributed by atoms with E-state index in [9.17, 15) is 0 Å². The van der Waals surface area contributed by atoms with E-state index in [2.05, 4.69) is 49.4 Å². The third-order valence-corrected chi connectivity index (χ3v) is 3.97. The number of azo groups is 1. The molecule has 116 valence electrons. The molecule has 22 heavy (non-hydrogen) atoms. The normalized spacial score (nSPS) is 14.5. The summed E-state index contributed by atoms with van der Waals surface area (Å²) in [6.07, 6.45) is 7.59. The quantitative estimate of drug-likeness (QED) is 0.643. The summed E-state index contributed by atoms with van der Waals surface area (Å²) >= 11 is 0. The average molecular weight is 298 g/mol. The van der Waals surface area contributed by atoms with E-state index in [0.717, 1.165) is 25.2 Å². The molecule has 0 bridgehead atoms. The monoisotopic (exact) mass is 298 g/mol. The van der Waals surface area contributed by atoms with Crippen LogP contribution in [0.4, 0.5) is 17.3 Å². The number of hydrogen-bond donors (Lipinski definition) is 1. The van der Waals surface area contributed by atoms with Gasteiger partial charge < -0.3 is 4.90 Å². The van der Waals surface area contributed by atoms with E-state index in [1.807, 2.05) is 6.07 Å². The minimum Gasteiger partial charge on any atom is -0.371 e. The van der Waals surface area contributed by atoms with Gasteiger partial charge >= 0.3 is 0 Å². The highest BCUT2D eigenvalue weighted by Crippen LogP contribution is 2.31. The number of nitrogens with one attached hydrogen (secondary N) is 1. The number of H-pyrrole nitrogens is 1. The number of hydrogen-bond acceptors (Lipinski definition) is 5. The van der Waals surface area contributed by atoms with Crippen molar-refractivity contribution in [2.75, 3.05) is 18.0 Å². The first-order valence-electron chi connectivity index (χ1n) is 8.02. The molecule has 6 heteroatoms. The molecule has 0 amide bonds. The maximum absolute atomic E-state index is 4.23. The highest BCUT2D eigenvalue weighted by molar-refractivity contribution is 5.60. The summed E-state index contributed by atoms with van der Waals surface area (Å²) in [4.78, 5) is 6.44. The van der Waals surface area contributed by atoms with E-state index in [1.54, 1.807) is 0 Å². The predicted molar refractivity (Wildman–Crippen MR) is 87.1 cm³/mol. The molecular weight excluding hydrogens is 276 g/mol. The molecule has 1 aromatic heterocycles. The maximum atomic E-state index is 4.23. The molecule has 1 aliphatic heterocycles. The fraction of sp³-hybridized carbons (Fsp3) is 0.500. The van der Waals surface area contributed by atoms with Gasteiger partial charge in [0.25, 0.3) is 5.95 Å². The fourth-order valence-corrected chi connectivity index (χ4v) is 2.86. The van der Waals surface area contributed by atoms with Crippen molar-refractivity contribution in [3.8, 4) is 0 Å². The van der Waals surface area contributed by atoms with Crippen LogP contribution in [0.5, 0.6) is 0 Å². The molecule has 3 rings (SSSR count). The zero-order valence-corrected chi connectivity index (χ0v) is 13.0. The third-order valence-electron chi connectivity index (χ3n) is 3.97. The molecule has 0 saturated carbocycles. The number of benzene rings is 1. The van der Waals surface area contributed by atoms with Gasteiger partial charge in [0, 0.05) is 18.8 Å². The molecule has 0 unspecified atom stereocenters. The first kappa shape index (κ1) is 14.7.